The number of fused-ring (bicyclic) bond motifs is 2. The second-order valence-corrected chi connectivity index (χ2v) is 6.42. The highest BCUT2D eigenvalue weighted by atomic mass is 79.9. The molecular weight excluding hydrogens is 332 g/mol. The van der Waals surface area contributed by atoms with Crippen LogP contribution in [0.25, 0.3) is 11.2 Å². The van der Waals surface area contributed by atoms with Crippen molar-refractivity contribution in [2.24, 2.45) is 0 Å². The Kier molecular flexibility index (Phi) is 3.11. The van der Waals surface area contributed by atoms with Crippen molar-refractivity contribution in [1.82, 2.24) is 19.9 Å². The van der Waals surface area contributed by atoms with Crippen LogP contribution in [0.15, 0.2) is 36.9 Å². The van der Waals surface area contributed by atoms with Gasteiger partial charge in [-0.05, 0) is 17.5 Å². The molecule has 2 unspecified atom stereocenters. The predicted molar refractivity (Wildman–Crippen MR) is 82.5 cm³/mol. The van der Waals surface area contributed by atoms with Gasteiger partial charge in [-0.2, -0.15) is 4.98 Å². The zero-order chi connectivity index (χ0) is 14.2. The van der Waals surface area contributed by atoms with Gasteiger partial charge in [0.05, 0.1) is 6.33 Å². The van der Waals surface area contributed by atoms with Crippen LogP contribution in [-0.4, -0.2) is 24.8 Å². The van der Waals surface area contributed by atoms with Gasteiger partial charge in [0.15, 0.2) is 5.65 Å². The van der Waals surface area contributed by atoms with Gasteiger partial charge in [-0.3, -0.25) is 0 Å². The van der Waals surface area contributed by atoms with E-state index in [1.807, 2.05) is 0 Å². The predicted octanol–water partition coefficient (Wildman–Crippen LogP) is 3.18. The van der Waals surface area contributed by atoms with Crippen LogP contribution in [0.4, 0.5) is 0 Å². The molecule has 0 aliphatic heterocycles. The van der Waals surface area contributed by atoms with E-state index in [1.165, 1.54) is 17.5 Å². The van der Waals surface area contributed by atoms with Gasteiger partial charge in [0.1, 0.15) is 17.9 Å². The Bertz CT molecular complexity index is 788. The maximum absolute atomic E-state index is 6.17. The van der Waals surface area contributed by atoms with E-state index in [-0.39, 0.29) is 6.10 Å². The van der Waals surface area contributed by atoms with E-state index < -0.39 is 0 Å². The lowest BCUT2D eigenvalue weighted by atomic mass is 9.89. The summed E-state index contributed by atoms with van der Waals surface area (Å²) in [5.74, 6) is 0.555. The molecule has 1 aromatic carbocycles. The number of imidazole rings is 1. The van der Waals surface area contributed by atoms with Crippen LogP contribution >= 0.6 is 15.9 Å². The molecule has 1 aliphatic carbocycles. The number of alkyl halides is 1. The topological polar surface area (TPSA) is 63.7 Å². The molecule has 2 atom stereocenters. The molecule has 0 fully saturated rings. The van der Waals surface area contributed by atoms with Crippen molar-refractivity contribution in [2.75, 3.05) is 0 Å². The maximum Gasteiger partial charge on any atom is 0.243 e. The Morgan fingerprint density at radius 1 is 1.19 bits per heavy atom. The molecule has 0 spiro atoms. The van der Waals surface area contributed by atoms with Crippen molar-refractivity contribution >= 4 is 27.1 Å². The van der Waals surface area contributed by atoms with Crippen molar-refractivity contribution < 1.29 is 4.74 Å². The Balaban J connectivity index is 1.73. The number of aromatic amines is 1. The van der Waals surface area contributed by atoms with E-state index in [1.54, 1.807) is 6.33 Å². The zero-order valence-corrected chi connectivity index (χ0v) is 12.7. The summed E-state index contributed by atoms with van der Waals surface area (Å²) >= 11 is 3.72. The molecule has 6 heteroatoms. The summed E-state index contributed by atoms with van der Waals surface area (Å²) in [6, 6.07) is 8.41. The first kappa shape index (κ1) is 12.8. The minimum atomic E-state index is -0.0132. The van der Waals surface area contributed by atoms with Gasteiger partial charge in [0.2, 0.25) is 5.88 Å². The molecule has 0 saturated carbocycles. The molecule has 3 aromatic rings. The van der Waals surface area contributed by atoms with Gasteiger partial charge >= 0.3 is 0 Å². The number of hydrogen-bond acceptors (Lipinski definition) is 4. The quantitative estimate of drug-likeness (QED) is 0.725. The van der Waals surface area contributed by atoms with Crippen molar-refractivity contribution in [3.05, 3.63) is 48.0 Å². The van der Waals surface area contributed by atoms with E-state index in [9.17, 15) is 0 Å². The minimum Gasteiger partial charge on any atom is -0.468 e. The zero-order valence-electron chi connectivity index (χ0n) is 11.2. The van der Waals surface area contributed by atoms with Crippen molar-refractivity contribution in [2.45, 2.75) is 23.8 Å². The van der Waals surface area contributed by atoms with Crippen molar-refractivity contribution in [1.29, 1.82) is 0 Å². The highest BCUT2D eigenvalue weighted by Crippen LogP contribution is 2.36. The summed E-state index contributed by atoms with van der Waals surface area (Å²) in [6.07, 6.45) is 5.02. The third-order valence-electron chi connectivity index (χ3n) is 3.76. The molecule has 0 saturated heterocycles. The fourth-order valence-corrected chi connectivity index (χ4v) is 3.48. The van der Waals surface area contributed by atoms with Crippen LogP contribution in [0, 0.1) is 0 Å². The molecule has 5 nitrogen and oxygen atoms in total. The van der Waals surface area contributed by atoms with Gasteiger partial charge in [0.25, 0.3) is 0 Å². The lowest BCUT2D eigenvalue weighted by molar-refractivity contribution is 0.181. The monoisotopic (exact) mass is 344 g/mol. The Morgan fingerprint density at radius 2 is 2.10 bits per heavy atom. The van der Waals surface area contributed by atoms with Crippen LogP contribution in [0.2, 0.25) is 0 Å². The number of H-pyrrole nitrogens is 1. The number of nitrogens with zero attached hydrogens (tertiary/aromatic N) is 3. The maximum atomic E-state index is 6.17. The number of hydrogen-bond donors (Lipinski definition) is 1. The summed E-state index contributed by atoms with van der Waals surface area (Å²) in [5, 5.41) is 0. The standard InChI is InChI=1S/C15H13BrN4O/c16-10-5-9-3-1-2-4-11(9)12(6-10)21-15-13-14(18-7-17-13)19-8-20-15/h1-4,7-8,10,12H,5-6H2,(H,17,18,19,20). The summed E-state index contributed by atoms with van der Waals surface area (Å²) < 4.78 is 6.17. The van der Waals surface area contributed by atoms with Crippen molar-refractivity contribution in [3.8, 4) is 5.88 Å². The largest absolute Gasteiger partial charge is 0.468 e. The summed E-state index contributed by atoms with van der Waals surface area (Å²) in [5.41, 5.74) is 3.93. The third-order valence-corrected chi connectivity index (χ3v) is 4.45. The van der Waals surface area contributed by atoms with Crippen molar-refractivity contribution in [3.63, 3.8) is 0 Å². The lowest BCUT2D eigenvalue weighted by Crippen LogP contribution is -2.22. The first-order chi connectivity index (χ1) is 10.3. The van der Waals surface area contributed by atoms with Gasteiger partial charge in [-0.15, -0.1) is 0 Å². The second-order valence-electron chi connectivity index (χ2n) is 5.12. The van der Waals surface area contributed by atoms with Crippen LogP contribution in [0.3, 0.4) is 0 Å². The first-order valence-electron chi connectivity index (χ1n) is 6.84. The fourth-order valence-electron chi connectivity index (χ4n) is 2.79. The molecule has 0 radical (unpaired) electrons. The van der Waals surface area contributed by atoms with Gasteiger partial charge in [-0.25, -0.2) is 9.97 Å². The number of benzene rings is 1. The average molecular weight is 345 g/mol. The van der Waals surface area contributed by atoms with Gasteiger partial charge < -0.3 is 9.72 Å². The van der Waals surface area contributed by atoms with Crippen LogP contribution in [0.5, 0.6) is 5.88 Å². The number of rotatable bonds is 2. The minimum absolute atomic E-state index is 0.0132. The highest BCUT2D eigenvalue weighted by Gasteiger charge is 2.27. The molecule has 1 N–H and O–H groups in total. The van der Waals surface area contributed by atoms with E-state index in [0.29, 0.717) is 16.4 Å². The summed E-state index contributed by atoms with van der Waals surface area (Å²) in [4.78, 5) is 16.0. The molecule has 0 amide bonds. The van der Waals surface area contributed by atoms with E-state index in [0.717, 1.165) is 18.4 Å². The normalized spacial score (nSPS) is 21.2. The number of aromatic nitrogens is 4. The molecule has 21 heavy (non-hydrogen) atoms. The molecule has 2 heterocycles. The van der Waals surface area contributed by atoms with Gasteiger partial charge in [-0.1, -0.05) is 40.2 Å². The smallest absolute Gasteiger partial charge is 0.243 e. The Morgan fingerprint density at radius 3 is 3.05 bits per heavy atom. The van der Waals surface area contributed by atoms with E-state index in [4.69, 9.17) is 4.74 Å². The second kappa shape index (κ2) is 5.11. The number of halogens is 1. The number of ether oxygens (including phenoxy) is 1. The fraction of sp³-hybridized carbons (Fsp3) is 0.267. The van der Waals surface area contributed by atoms with Gasteiger partial charge in [0, 0.05) is 11.2 Å². The van der Waals surface area contributed by atoms with Crippen LogP contribution < -0.4 is 4.74 Å². The lowest BCUT2D eigenvalue weighted by Gasteiger charge is -2.28. The molecule has 2 aromatic heterocycles. The molecule has 106 valence electrons. The summed E-state index contributed by atoms with van der Waals surface area (Å²) in [6.45, 7) is 0. The third kappa shape index (κ3) is 2.29. The molecule has 4 rings (SSSR count). The molecular formula is C15H13BrN4O. The Hall–Kier alpha value is -1.95. The molecule has 1 aliphatic rings. The Labute approximate surface area is 129 Å². The summed E-state index contributed by atoms with van der Waals surface area (Å²) in [7, 11) is 0. The number of nitrogens with one attached hydrogen (secondary N) is 1. The highest BCUT2D eigenvalue weighted by molar-refractivity contribution is 9.09. The van der Waals surface area contributed by atoms with Crippen LogP contribution in [-0.2, 0) is 6.42 Å². The van der Waals surface area contributed by atoms with Crippen LogP contribution in [0.1, 0.15) is 23.7 Å². The SMILES string of the molecule is BrC1Cc2ccccc2C(Oc2ncnc3nc[nH]c23)C1. The molecule has 0 bridgehead atoms. The first-order valence-corrected chi connectivity index (χ1v) is 7.75. The van der Waals surface area contributed by atoms with E-state index in [2.05, 4.69) is 60.1 Å². The van der Waals surface area contributed by atoms with E-state index >= 15 is 0 Å². The average Bonchev–Trinajstić information content (AvgIpc) is 2.96.